The molecule has 2 aromatic carbocycles. The number of thiazole rings is 1. The highest BCUT2D eigenvalue weighted by atomic mass is 32.2. The van der Waals surface area contributed by atoms with Gasteiger partial charge in [-0.3, -0.25) is 9.52 Å². The number of rotatable bonds is 4. The maximum Gasteiger partial charge on any atom is 0.262 e. The molecule has 1 N–H and O–H groups in total. The average Bonchev–Trinajstić information content (AvgIpc) is 2.86. The fourth-order valence-electron chi connectivity index (χ4n) is 2.31. The van der Waals surface area contributed by atoms with E-state index in [1.807, 2.05) is 13.0 Å². The molecule has 3 aromatic rings. The molecule has 0 radical (unpaired) electrons. The van der Waals surface area contributed by atoms with Crippen LogP contribution in [0.25, 0.3) is 10.2 Å². The number of nitrogens with zero attached hydrogens (tertiary/aromatic N) is 1. The maximum atomic E-state index is 12.6. The van der Waals surface area contributed by atoms with E-state index in [2.05, 4.69) is 9.71 Å². The van der Waals surface area contributed by atoms with Gasteiger partial charge in [0.1, 0.15) is 0 Å². The van der Waals surface area contributed by atoms with Crippen molar-refractivity contribution in [3.05, 3.63) is 53.0 Å². The Morgan fingerprint density at radius 3 is 2.65 bits per heavy atom. The summed E-state index contributed by atoms with van der Waals surface area (Å²) in [7, 11) is -3.85. The third kappa shape index (κ3) is 3.11. The van der Waals surface area contributed by atoms with Crippen molar-refractivity contribution in [3.63, 3.8) is 0 Å². The smallest absolute Gasteiger partial charge is 0.262 e. The van der Waals surface area contributed by atoms with E-state index in [-0.39, 0.29) is 16.2 Å². The van der Waals surface area contributed by atoms with Gasteiger partial charge in [0, 0.05) is 5.56 Å². The zero-order chi connectivity index (χ0) is 16.6. The van der Waals surface area contributed by atoms with E-state index in [0.29, 0.717) is 5.69 Å². The molecule has 0 saturated heterocycles. The molecule has 0 aliphatic heterocycles. The van der Waals surface area contributed by atoms with Gasteiger partial charge in [-0.15, -0.1) is 11.3 Å². The van der Waals surface area contributed by atoms with Gasteiger partial charge >= 0.3 is 0 Å². The highest BCUT2D eigenvalue weighted by molar-refractivity contribution is 7.92. The van der Waals surface area contributed by atoms with Crippen LogP contribution >= 0.6 is 11.3 Å². The highest BCUT2D eigenvalue weighted by Gasteiger charge is 2.20. The van der Waals surface area contributed by atoms with E-state index in [9.17, 15) is 13.2 Å². The van der Waals surface area contributed by atoms with Gasteiger partial charge in [-0.2, -0.15) is 0 Å². The van der Waals surface area contributed by atoms with Crippen LogP contribution in [0.15, 0.2) is 47.4 Å². The molecule has 0 spiro atoms. The summed E-state index contributed by atoms with van der Waals surface area (Å²) >= 11 is 1.55. The molecule has 3 rings (SSSR count). The van der Waals surface area contributed by atoms with Crippen LogP contribution in [0.5, 0.6) is 0 Å². The minimum atomic E-state index is -3.85. The van der Waals surface area contributed by atoms with E-state index >= 15 is 0 Å². The van der Waals surface area contributed by atoms with Gasteiger partial charge in [-0.1, -0.05) is 18.2 Å². The number of anilines is 1. The molecule has 23 heavy (non-hydrogen) atoms. The number of benzene rings is 2. The van der Waals surface area contributed by atoms with Crippen molar-refractivity contribution in [2.45, 2.75) is 18.7 Å². The summed E-state index contributed by atoms with van der Waals surface area (Å²) in [6.45, 7) is 3.25. The lowest BCUT2D eigenvalue weighted by atomic mass is 10.1. The molecule has 118 valence electrons. The van der Waals surface area contributed by atoms with Crippen molar-refractivity contribution in [1.82, 2.24) is 4.98 Å². The first kappa shape index (κ1) is 15.6. The molecular weight excluding hydrogens is 332 g/mol. The minimum Gasteiger partial charge on any atom is -0.294 e. The Morgan fingerprint density at radius 1 is 1.17 bits per heavy atom. The number of hydrogen-bond donors (Lipinski definition) is 1. The number of hydrogen-bond acceptors (Lipinski definition) is 5. The van der Waals surface area contributed by atoms with E-state index < -0.39 is 10.0 Å². The number of carbonyl (C=O) groups is 1. The van der Waals surface area contributed by atoms with E-state index in [1.165, 1.54) is 19.1 Å². The topological polar surface area (TPSA) is 76.1 Å². The number of carbonyl (C=O) groups excluding carboxylic acids is 1. The lowest BCUT2D eigenvalue weighted by molar-refractivity contribution is 0.101. The minimum absolute atomic E-state index is 0.0259. The molecule has 0 bridgehead atoms. The fraction of sp³-hybridized carbons (Fsp3) is 0.125. The Labute approximate surface area is 138 Å². The number of ketones is 1. The molecule has 5 nitrogen and oxygen atoms in total. The average molecular weight is 346 g/mol. The van der Waals surface area contributed by atoms with Crippen molar-refractivity contribution in [2.75, 3.05) is 4.72 Å². The fourth-order valence-corrected chi connectivity index (χ4v) is 4.42. The van der Waals surface area contributed by atoms with Gasteiger partial charge in [0.05, 0.1) is 25.8 Å². The number of sulfonamides is 1. The largest absolute Gasteiger partial charge is 0.294 e. The van der Waals surface area contributed by atoms with Crippen LogP contribution in [0.2, 0.25) is 0 Å². The van der Waals surface area contributed by atoms with Gasteiger partial charge < -0.3 is 0 Å². The van der Waals surface area contributed by atoms with Crippen LogP contribution in [-0.2, 0) is 10.0 Å². The highest BCUT2D eigenvalue weighted by Crippen LogP contribution is 2.26. The molecular formula is C16H14N2O3S2. The first-order valence-corrected chi connectivity index (χ1v) is 9.17. The first-order chi connectivity index (χ1) is 10.9. The summed E-state index contributed by atoms with van der Waals surface area (Å²) in [6.07, 6.45) is 0. The Hall–Kier alpha value is -2.25. The number of nitrogens with one attached hydrogen (secondary N) is 1. The van der Waals surface area contributed by atoms with Crippen molar-refractivity contribution in [1.29, 1.82) is 0 Å². The lowest BCUT2D eigenvalue weighted by Crippen LogP contribution is -2.16. The Morgan fingerprint density at radius 2 is 1.91 bits per heavy atom. The van der Waals surface area contributed by atoms with Crippen LogP contribution in [-0.4, -0.2) is 19.2 Å². The first-order valence-electron chi connectivity index (χ1n) is 6.87. The van der Waals surface area contributed by atoms with Crippen molar-refractivity contribution >= 4 is 43.0 Å². The lowest BCUT2D eigenvalue weighted by Gasteiger charge is -2.10. The third-order valence-electron chi connectivity index (χ3n) is 3.30. The summed E-state index contributed by atoms with van der Waals surface area (Å²) in [5.41, 5.74) is 1.33. The maximum absolute atomic E-state index is 12.6. The molecule has 0 saturated carbocycles. The van der Waals surface area contributed by atoms with Crippen molar-refractivity contribution in [3.8, 4) is 0 Å². The summed E-state index contributed by atoms with van der Waals surface area (Å²) in [5, 5.41) is 0.918. The zero-order valence-corrected chi connectivity index (χ0v) is 14.2. The molecule has 0 aliphatic carbocycles. The summed E-state index contributed by atoms with van der Waals surface area (Å²) in [4.78, 5) is 16.0. The zero-order valence-electron chi connectivity index (χ0n) is 12.5. The number of Topliss-reactive ketones (excluding diaryl/α,β-unsaturated/α-hetero) is 1. The van der Waals surface area contributed by atoms with E-state index in [4.69, 9.17) is 0 Å². The summed E-state index contributed by atoms with van der Waals surface area (Å²) in [5.74, 6) is -0.295. The van der Waals surface area contributed by atoms with Crippen LogP contribution in [0.3, 0.4) is 0 Å². The van der Waals surface area contributed by atoms with Crippen molar-refractivity contribution < 1.29 is 13.2 Å². The second kappa shape index (κ2) is 5.75. The Balaban J connectivity index is 2.01. The van der Waals surface area contributed by atoms with Gasteiger partial charge in [0.2, 0.25) is 0 Å². The normalized spacial score (nSPS) is 11.6. The standard InChI is InChI=1S/C16H14N2O3S2/c1-10(19)13-5-3-4-6-16(13)23(20,21)18-12-7-8-15-14(9-12)17-11(2)22-15/h3-9,18H,1-2H3. The van der Waals surface area contributed by atoms with Crippen LogP contribution < -0.4 is 4.72 Å². The Kier molecular flexibility index (Phi) is 3.91. The van der Waals surface area contributed by atoms with E-state index in [0.717, 1.165) is 15.2 Å². The molecule has 1 heterocycles. The number of aromatic nitrogens is 1. The third-order valence-corrected chi connectivity index (χ3v) is 5.69. The monoisotopic (exact) mass is 346 g/mol. The van der Waals surface area contributed by atoms with E-state index in [1.54, 1.807) is 35.6 Å². The summed E-state index contributed by atoms with van der Waals surface area (Å²) < 4.78 is 28.7. The Bertz CT molecular complexity index is 1010. The predicted molar refractivity (Wildman–Crippen MR) is 91.6 cm³/mol. The van der Waals surface area contributed by atoms with Gasteiger partial charge in [0.25, 0.3) is 10.0 Å². The van der Waals surface area contributed by atoms with Gasteiger partial charge in [-0.25, -0.2) is 13.4 Å². The SMILES string of the molecule is CC(=O)c1ccccc1S(=O)(=O)Nc1ccc2sc(C)nc2c1. The molecule has 0 unspecified atom stereocenters. The number of fused-ring (bicyclic) bond motifs is 1. The second-order valence-electron chi connectivity index (χ2n) is 5.07. The van der Waals surface area contributed by atoms with Crippen LogP contribution in [0, 0.1) is 6.92 Å². The number of aryl methyl sites for hydroxylation is 1. The molecule has 0 fully saturated rings. The van der Waals surface area contributed by atoms with Crippen LogP contribution in [0.4, 0.5) is 5.69 Å². The summed E-state index contributed by atoms with van der Waals surface area (Å²) in [6, 6.07) is 11.4. The molecule has 1 aromatic heterocycles. The molecule has 0 aliphatic rings. The predicted octanol–water partition coefficient (Wildman–Crippen LogP) is 3.61. The van der Waals surface area contributed by atoms with Crippen molar-refractivity contribution in [2.24, 2.45) is 0 Å². The molecule has 0 atom stereocenters. The van der Waals surface area contributed by atoms with Gasteiger partial charge in [0.15, 0.2) is 5.78 Å². The quantitative estimate of drug-likeness (QED) is 0.732. The molecule has 7 heteroatoms. The van der Waals surface area contributed by atoms with Gasteiger partial charge in [-0.05, 0) is 38.1 Å². The second-order valence-corrected chi connectivity index (χ2v) is 7.96. The van der Waals surface area contributed by atoms with Crippen LogP contribution in [0.1, 0.15) is 22.3 Å². The molecule has 0 amide bonds.